The van der Waals surface area contributed by atoms with Crippen LogP contribution in [0.25, 0.3) is 0 Å². The number of furan rings is 1. The van der Waals surface area contributed by atoms with Crippen LogP contribution in [0.4, 0.5) is 0 Å². The Kier molecular flexibility index (Phi) is 4.10. The largest absolute Gasteiger partial charge is 0.469 e. The molecular formula is C16H24N2O2. The average Bonchev–Trinajstić information content (AvgIpc) is 2.82. The average molecular weight is 276 g/mol. The van der Waals surface area contributed by atoms with Crippen molar-refractivity contribution in [1.82, 2.24) is 5.32 Å². The highest BCUT2D eigenvalue weighted by molar-refractivity contribution is 5.80. The van der Waals surface area contributed by atoms with Crippen LogP contribution in [0, 0.1) is 5.92 Å². The van der Waals surface area contributed by atoms with Gasteiger partial charge < -0.3 is 15.5 Å². The Labute approximate surface area is 120 Å². The standard InChI is InChI=1S/C16H24N2O2/c17-13-6-3-1-2-5-11(13)16(19)18-14-7-4-8-15-12(14)9-10-20-15/h9-11,13-14H,1-8,17H2,(H,18,19). The molecule has 4 heteroatoms. The molecule has 1 fully saturated rings. The number of nitrogens with one attached hydrogen (secondary N) is 1. The maximum Gasteiger partial charge on any atom is 0.225 e. The minimum absolute atomic E-state index is 0.0184. The molecule has 0 spiro atoms. The van der Waals surface area contributed by atoms with Gasteiger partial charge in [-0.3, -0.25) is 4.79 Å². The third-order valence-corrected chi connectivity index (χ3v) is 4.77. The lowest BCUT2D eigenvalue weighted by atomic mass is 9.90. The molecule has 3 rings (SSSR count). The second-order valence-electron chi connectivity index (χ2n) is 6.16. The van der Waals surface area contributed by atoms with Crippen LogP contribution in [0.2, 0.25) is 0 Å². The summed E-state index contributed by atoms with van der Waals surface area (Å²) in [5, 5.41) is 3.21. The Morgan fingerprint density at radius 3 is 2.95 bits per heavy atom. The third kappa shape index (κ3) is 2.75. The quantitative estimate of drug-likeness (QED) is 0.816. The molecule has 0 aromatic carbocycles. The van der Waals surface area contributed by atoms with Crippen LogP contribution in [-0.2, 0) is 11.2 Å². The lowest BCUT2D eigenvalue weighted by Gasteiger charge is -2.27. The summed E-state index contributed by atoms with van der Waals surface area (Å²) in [5.74, 6) is 1.15. The molecule has 1 aromatic rings. The summed E-state index contributed by atoms with van der Waals surface area (Å²) < 4.78 is 5.48. The van der Waals surface area contributed by atoms with Gasteiger partial charge in [0.25, 0.3) is 0 Å². The first-order valence-electron chi connectivity index (χ1n) is 7.88. The zero-order valence-corrected chi connectivity index (χ0v) is 11.9. The number of nitrogens with two attached hydrogens (primary N) is 1. The van der Waals surface area contributed by atoms with Crippen molar-refractivity contribution in [3.8, 4) is 0 Å². The van der Waals surface area contributed by atoms with Crippen molar-refractivity contribution in [3.05, 3.63) is 23.7 Å². The maximum absolute atomic E-state index is 12.5. The number of hydrogen-bond donors (Lipinski definition) is 2. The maximum atomic E-state index is 12.5. The summed E-state index contributed by atoms with van der Waals surface area (Å²) in [6.45, 7) is 0. The van der Waals surface area contributed by atoms with Gasteiger partial charge >= 0.3 is 0 Å². The number of rotatable bonds is 2. The predicted octanol–water partition coefficient (Wildman–Crippen LogP) is 2.68. The van der Waals surface area contributed by atoms with Gasteiger partial charge in [0.1, 0.15) is 5.76 Å². The lowest BCUT2D eigenvalue weighted by molar-refractivity contribution is -0.126. The minimum Gasteiger partial charge on any atom is -0.469 e. The Bertz CT molecular complexity index is 469. The highest BCUT2D eigenvalue weighted by atomic mass is 16.3. The predicted molar refractivity (Wildman–Crippen MR) is 77.1 cm³/mol. The molecule has 3 atom stereocenters. The normalized spacial score (nSPS) is 30.4. The molecule has 1 aromatic heterocycles. The summed E-state index contributed by atoms with van der Waals surface area (Å²) in [6, 6.07) is 2.12. The first-order valence-corrected chi connectivity index (χ1v) is 7.88. The van der Waals surface area contributed by atoms with E-state index in [4.69, 9.17) is 10.2 Å². The van der Waals surface area contributed by atoms with E-state index < -0.39 is 0 Å². The van der Waals surface area contributed by atoms with Gasteiger partial charge in [-0.25, -0.2) is 0 Å². The molecule has 3 N–H and O–H groups in total. The van der Waals surface area contributed by atoms with Gasteiger partial charge in [0.2, 0.25) is 5.91 Å². The van der Waals surface area contributed by atoms with E-state index in [1.807, 2.05) is 6.07 Å². The first-order chi connectivity index (χ1) is 9.75. The third-order valence-electron chi connectivity index (χ3n) is 4.77. The molecule has 2 aliphatic carbocycles. The van der Waals surface area contributed by atoms with Crippen LogP contribution < -0.4 is 11.1 Å². The van der Waals surface area contributed by atoms with Crippen molar-refractivity contribution in [2.75, 3.05) is 0 Å². The smallest absolute Gasteiger partial charge is 0.225 e. The molecule has 0 saturated heterocycles. The highest BCUT2D eigenvalue weighted by Crippen LogP contribution is 2.31. The summed E-state index contributed by atoms with van der Waals surface area (Å²) in [4.78, 5) is 12.5. The monoisotopic (exact) mass is 276 g/mol. The summed E-state index contributed by atoms with van der Waals surface area (Å²) in [7, 11) is 0. The molecule has 0 bridgehead atoms. The fourth-order valence-corrected chi connectivity index (χ4v) is 3.58. The fourth-order valence-electron chi connectivity index (χ4n) is 3.58. The van der Waals surface area contributed by atoms with Crippen molar-refractivity contribution in [3.63, 3.8) is 0 Å². The van der Waals surface area contributed by atoms with Crippen molar-refractivity contribution in [1.29, 1.82) is 0 Å². The molecule has 1 amide bonds. The second-order valence-corrected chi connectivity index (χ2v) is 6.16. The van der Waals surface area contributed by atoms with Crippen LogP contribution in [0.3, 0.4) is 0 Å². The Morgan fingerprint density at radius 1 is 1.20 bits per heavy atom. The molecule has 0 aliphatic heterocycles. The van der Waals surface area contributed by atoms with Crippen molar-refractivity contribution < 1.29 is 9.21 Å². The van der Waals surface area contributed by atoms with Crippen LogP contribution in [0.1, 0.15) is 62.3 Å². The van der Waals surface area contributed by atoms with Crippen LogP contribution >= 0.6 is 0 Å². The number of carbonyl (C=O) groups is 1. The number of fused-ring (bicyclic) bond motifs is 1. The van der Waals surface area contributed by atoms with E-state index >= 15 is 0 Å². The lowest BCUT2D eigenvalue weighted by Crippen LogP contribution is -2.43. The van der Waals surface area contributed by atoms with Crippen molar-refractivity contribution in [2.24, 2.45) is 11.7 Å². The zero-order chi connectivity index (χ0) is 13.9. The summed E-state index contributed by atoms with van der Waals surface area (Å²) >= 11 is 0. The van der Waals surface area contributed by atoms with Gasteiger partial charge in [0.15, 0.2) is 0 Å². The Hall–Kier alpha value is -1.29. The fraction of sp³-hybridized carbons (Fsp3) is 0.688. The molecule has 4 nitrogen and oxygen atoms in total. The number of aryl methyl sites for hydroxylation is 1. The van der Waals surface area contributed by atoms with Crippen molar-refractivity contribution in [2.45, 2.75) is 63.5 Å². The van der Waals surface area contributed by atoms with Gasteiger partial charge in [-0.2, -0.15) is 0 Å². The van der Waals surface area contributed by atoms with Crippen LogP contribution in [0.15, 0.2) is 16.7 Å². The molecule has 0 radical (unpaired) electrons. The topological polar surface area (TPSA) is 68.3 Å². The zero-order valence-electron chi connectivity index (χ0n) is 11.9. The van der Waals surface area contributed by atoms with Gasteiger partial charge in [0, 0.05) is 18.0 Å². The molecule has 1 heterocycles. The molecule has 2 aliphatic rings. The summed E-state index contributed by atoms with van der Waals surface area (Å²) in [5.41, 5.74) is 7.34. The molecule has 20 heavy (non-hydrogen) atoms. The van der Waals surface area contributed by atoms with Gasteiger partial charge in [-0.1, -0.05) is 19.3 Å². The van der Waals surface area contributed by atoms with E-state index in [0.29, 0.717) is 0 Å². The number of amides is 1. The number of hydrogen-bond acceptors (Lipinski definition) is 3. The van der Waals surface area contributed by atoms with E-state index in [1.165, 1.54) is 6.42 Å². The second kappa shape index (κ2) is 6.00. The highest BCUT2D eigenvalue weighted by Gasteiger charge is 2.30. The van der Waals surface area contributed by atoms with Gasteiger partial charge in [0.05, 0.1) is 18.2 Å². The van der Waals surface area contributed by atoms with E-state index in [2.05, 4.69) is 5.32 Å². The number of carbonyl (C=O) groups excluding carboxylic acids is 1. The van der Waals surface area contributed by atoms with E-state index in [9.17, 15) is 4.79 Å². The van der Waals surface area contributed by atoms with Gasteiger partial charge in [-0.15, -0.1) is 0 Å². The Balaban J connectivity index is 1.67. The molecule has 1 saturated carbocycles. The molecule has 3 unspecified atom stereocenters. The van der Waals surface area contributed by atoms with Crippen molar-refractivity contribution >= 4 is 5.91 Å². The Morgan fingerprint density at radius 2 is 2.05 bits per heavy atom. The minimum atomic E-state index is -0.0187. The summed E-state index contributed by atoms with van der Waals surface area (Å²) in [6.07, 6.45) is 10.2. The molecule has 110 valence electrons. The van der Waals surface area contributed by atoms with E-state index in [-0.39, 0.29) is 23.9 Å². The van der Waals surface area contributed by atoms with Crippen LogP contribution in [0.5, 0.6) is 0 Å². The van der Waals surface area contributed by atoms with E-state index in [1.54, 1.807) is 6.26 Å². The first kappa shape index (κ1) is 13.7. The SMILES string of the molecule is NC1CCCCCC1C(=O)NC1CCCc2occc21. The van der Waals surface area contributed by atoms with E-state index in [0.717, 1.165) is 56.3 Å². The van der Waals surface area contributed by atoms with Crippen LogP contribution in [-0.4, -0.2) is 11.9 Å². The van der Waals surface area contributed by atoms with Gasteiger partial charge in [-0.05, 0) is 31.7 Å². The molecular weight excluding hydrogens is 252 g/mol.